The monoisotopic (exact) mass is 213 g/mol. The Bertz CT molecular complexity index is 154. The molecule has 0 saturated heterocycles. The van der Waals surface area contributed by atoms with Crippen LogP contribution in [0.25, 0.3) is 0 Å². The number of allylic oxidation sites excluding steroid dienone is 1. The smallest absolute Gasteiger partial charge is 0.0523 e. The second-order valence-electron chi connectivity index (χ2n) is 4.84. The molecule has 0 amide bonds. The zero-order valence-corrected chi connectivity index (χ0v) is 11.5. The molecule has 0 aromatic carbocycles. The summed E-state index contributed by atoms with van der Waals surface area (Å²) in [4.78, 5) is 2.57. The van der Waals surface area contributed by atoms with Gasteiger partial charge in [-0.15, -0.1) is 6.58 Å². The minimum atomic E-state index is -0.971. The van der Waals surface area contributed by atoms with Crippen LogP contribution in [0.15, 0.2) is 12.7 Å². The summed E-state index contributed by atoms with van der Waals surface area (Å²) in [6.45, 7) is 17.1. The fraction of sp³-hybridized carbons (Fsp3) is 0.833. The van der Waals surface area contributed by atoms with Crippen LogP contribution in [0.2, 0.25) is 25.2 Å². The fourth-order valence-electron chi connectivity index (χ4n) is 1.70. The minimum absolute atomic E-state index is 0.971. The van der Waals surface area contributed by atoms with Gasteiger partial charge in [0.1, 0.15) is 0 Å². The van der Waals surface area contributed by atoms with Crippen LogP contribution in [0.3, 0.4) is 0 Å². The number of rotatable bonds is 8. The Kier molecular flexibility index (Phi) is 7.20. The first kappa shape index (κ1) is 13.9. The Morgan fingerprint density at radius 1 is 1.21 bits per heavy atom. The quantitative estimate of drug-likeness (QED) is 0.440. The van der Waals surface area contributed by atoms with Gasteiger partial charge in [-0.25, -0.2) is 0 Å². The van der Waals surface area contributed by atoms with Gasteiger partial charge in [0, 0.05) is 0 Å². The van der Waals surface area contributed by atoms with Crippen molar-refractivity contribution < 1.29 is 0 Å². The summed E-state index contributed by atoms with van der Waals surface area (Å²) in [5.41, 5.74) is 0. The Balaban J connectivity index is 3.82. The van der Waals surface area contributed by atoms with E-state index in [9.17, 15) is 0 Å². The average molecular weight is 213 g/mol. The maximum Gasteiger partial charge on any atom is 0.0523 e. The molecule has 0 bridgehead atoms. The topological polar surface area (TPSA) is 3.24 Å². The molecule has 0 aromatic heterocycles. The molecule has 0 radical (unpaired) electrons. The van der Waals surface area contributed by atoms with Gasteiger partial charge in [0.25, 0.3) is 0 Å². The van der Waals surface area contributed by atoms with Gasteiger partial charge in [0.05, 0.1) is 8.07 Å². The molecule has 0 aliphatic carbocycles. The van der Waals surface area contributed by atoms with Crippen molar-refractivity contribution in [2.45, 2.75) is 45.5 Å². The molecule has 0 aliphatic rings. The van der Waals surface area contributed by atoms with Gasteiger partial charge in [-0.3, -0.25) is 0 Å². The van der Waals surface area contributed by atoms with E-state index in [2.05, 4.69) is 44.5 Å². The SMILES string of the molecule is C=CC[Si](C)(C)CCN(CC)CCC. The molecule has 0 aromatic rings. The Morgan fingerprint density at radius 3 is 2.29 bits per heavy atom. The minimum Gasteiger partial charge on any atom is -0.304 e. The molecular formula is C12H27NSi. The first-order valence-corrected chi connectivity index (χ1v) is 9.30. The summed E-state index contributed by atoms with van der Waals surface area (Å²) in [5.74, 6) is 0. The van der Waals surface area contributed by atoms with Crippen molar-refractivity contribution in [3.63, 3.8) is 0 Å². The van der Waals surface area contributed by atoms with Crippen molar-refractivity contribution >= 4 is 8.07 Å². The molecule has 0 saturated carbocycles. The lowest BCUT2D eigenvalue weighted by molar-refractivity contribution is 0.303. The van der Waals surface area contributed by atoms with E-state index >= 15 is 0 Å². The van der Waals surface area contributed by atoms with Crippen molar-refractivity contribution in [3.05, 3.63) is 12.7 Å². The summed E-state index contributed by atoms with van der Waals surface area (Å²) in [6, 6.07) is 2.67. The van der Waals surface area contributed by atoms with E-state index in [4.69, 9.17) is 0 Å². The molecule has 0 aliphatic heterocycles. The molecule has 84 valence electrons. The zero-order valence-electron chi connectivity index (χ0n) is 10.5. The highest BCUT2D eigenvalue weighted by Crippen LogP contribution is 2.16. The molecule has 0 rings (SSSR count). The predicted octanol–water partition coefficient (Wildman–Crippen LogP) is 3.61. The van der Waals surface area contributed by atoms with Gasteiger partial charge in [-0.05, 0) is 38.1 Å². The van der Waals surface area contributed by atoms with E-state index in [0.29, 0.717) is 0 Å². The van der Waals surface area contributed by atoms with Crippen molar-refractivity contribution in [2.24, 2.45) is 0 Å². The molecule has 0 atom stereocenters. The van der Waals surface area contributed by atoms with E-state index in [0.717, 1.165) is 0 Å². The lowest BCUT2D eigenvalue weighted by Crippen LogP contribution is -2.33. The van der Waals surface area contributed by atoms with Gasteiger partial charge in [-0.2, -0.15) is 0 Å². The normalized spacial score (nSPS) is 12.1. The summed E-state index contributed by atoms with van der Waals surface area (Å²) in [7, 11) is -0.971. The number of nitrogens with zero attached hydrogens (tertiary/aromatic N) is 1. The molecule has 0 N–H and O–H groups in total. The largest absolute Gasteiger partial charge is 0.304 e. The lowest BCUT2D eigenvalue weighted by Gasteiger charge is -2.26. The van der Waals surface area contributed by atoms with Crippen LogP contribution >= 0.6 is 0 Å². The molecule has 0 heterocycles. The maximum absolute atomic E-state index is 3.85. The van der Waals surface area contributed by atoms with E-state index in [1.54, 1.807) is 0 Å². The molecule has 2 heteroatoms. The third kappa shape index (κ3) is 6.38. The van der Waals surface area contributed by atoms with Gasteiger partial charge in [0.2, 0.25) is 0 Å². The van der Waals surface area contributed by atoms with Crippen molar-refractivity contribution in [1.82, 2.24) is 4.90 Å². The average Bonchev–Trinajstić information content (AvgIpc) is 2.12. The predicted molar refractivity (Wildman–Crippen MR) is 69.7 cm³/mol. The Labute approximate surface area is 91.2 Å². The highest BCUT2D eigenvalue weighted by molar-refractivity contribution is 6.77. The van der Waals surface area contributed by atoms with Gasteiger partial charge in [0.15, 0.2) is 0 Å². The zero-order chi connectivity index (χ0) is 11.0. The first-order chi connectivity index (χ1) is 6.55. The molecular weight excluding hydrogens is 186 g/mol. The van der Waals surface area contributed by atoms with E-state index in [1.807, 2.05) is 0 Å². The lowest BCUT2D eigenvalue weighted by atomic mass is 10.4. The highest BCUT2D eigenvalue weighted by atomic mass is 28.3. The highest BCUT2D eigenvalue weighted by Gasteiger charge is 2.19. The number of hydrogen-bond acceptors (Lipinski definition) is 1. The van der Waals surface area contributed by atoms with Crippen molar-refractivity contribution in [2.75, 3.05) is 19.6 Å². The second kappa shape index (κ2) is 7.24. The van der Waals surface area contributed by atoms with Gasteiger partial charge in [-0.1, -0.05) is 33.0 Å². The second-order valence-corrected chi connectivity index (χ2v) is 10.1. The third-order valence-electron chi connectivity index (χ3n) is 2.79. The van der Waals surface area contributed by atoms with Crippen molar-refractivity contribution in [3.8, 4) is 0 Å². The fourth-order valence-corrected chi connectivity index (χ4v) is 3.60. The summed E-state index contributed by atoms with van der Waals surface area (Å²) >= 11 is 0. The van der Waals surface area contributed by atoms with Crippen LogP contribution < -0.4 is 0 Å². The van der Waals surface area contributed by atoms with Crippen LogP contribution in [0.5, 0.6) is 0 Å². The van der Waals surface area contributed by atoms with Crippen LogP contribution in [0.4, 0.5) is 0 Å². The maximum atomic E-state index is 3.85. The molecule has 0 unspecified atom stereocenters. The van der Waals surface area contributed by atoms with Gasteiger partial charge >= 0.3 is 0 Å². The third-order valence-corrected chi connectivity index (χ3v) is 5.76. The van der Waals surface area contributed by atoms with Crippen LogP contribution in [0.1, 0.15) is 20.3 Å². The van der Waals surface area contributed by atoms with E-state index < -0.39 is 8.07 Å². The molecule has 0 spiro atoms. The van der Waals surface area contributed by atoms with Crippen LogP contribution in [-0.2, 0) is 0 Å². The van der Waals surface area contributed by atoms with Crippen LogP contribution in [0, 0.1) is 0 Å². The number of hydrogen-bond donors (Lipinski definition) is 0. The van der Waals surface area contributed by atoms with E-state index in [-0.39, 0.29) is 0 Å². The van der Waals surface area contributed by atoms with Crippen LogP contribution in [-0.4, -0.2) is 32.6 Å². The molecule has 1 nitrogen and oxygen atoms in total. The summed E-state index contributed by atoms with van der Waals surface area (Å²) in [6.07, 6.45) is 3.37. The first-order valence-electron chi connectivity index (χ1n) is 5.89. The Hall–Kier alpha value is -0.0831. The van der Waals surface area contributed by atoms with E-state index in [1.165, 1.54) is 38.1 Å². The summed E-state index contributed by atoms with van der Waals surface area (Å²) < 4.78 is 0. The molecule has 0 fully saturated rings. The Morgan fingerprint density at radius 2 is 1.86 bits per heavy atom. The summed E-state index contributed by atoms with van der Waals surface area (Å²) in [5, 5.41) is 0. The van der Waals surface area contributed by atoms with Gasteiger partial charge < -0.3 is 4.90 Å². The molecule has 14 heavy (non-hydrogen) atoms. The van der Waals surface area contributed by atoms with Crippen molar-refractivity contribution in [1.29, 1.82) is 0 Å². The standard InChI is InChI=1S/C12H27NSi/c1-6-9-13(8-3)10-12-14(4,5)11-7-2/h7H,2,6,8-12H2,1,3-5H3.